The molecule has 25 heavy (non-hydrogen) atoms. The van der Waals surface area contributed by atoms with E-state index in [1.54, 1.807) is 4.52 Å². The van der Waals surface area contributed by atoms with Crippen LogP contribution in [0.1, 0.15) is 0 Å². The first-order chi connectivity index (χ1) is 12.2. The Labute approximate surface area is 158 Å². The van der Waals surface area contributed by atoms with Crippen molar-refractivity contribution in [3.63, 3.8) is 0 Å². The van der Waals surface area contributed by atoms with Gasteiger partial charge in [-0.3, -0.25) is 5.32 Å². The highest BCUT2D eigenvalue weighted by Crippen LogP contribution is 2.26. The van der Waals surface area contributed by atoms with E-state index in [2.05, 4.69) is 20.7 Å². The number of halogens is 1. The van der Waals surface area contributed by atoms with Crippen LogP contribution in [0.2, 0.25) is 5.02 Å². The topological polar surface area (TPSA) is 54.2 Å². The fourth-order valence-electron chi connectivity index (χ4n) is 2.34. The van der Waals surface area contributed by atoms with Gasteiger partial charge in [-0.1, -0.05) is 41.9 Å². The predicted octanol–water partition coefficient (Wildman–Crippen LogP) is 4.92. The van der Waals surface area contributed by atoms with Crippen molar-refractivity contribution in [2.24, 2.45) is 0 Å². The molecule has 0 unspecified atom stereocenters. The van der Waals surface area contributed by atoms with E-state index in [-0.39, 0.29) is 0 Å². The van der Waals surface area contributed by atoms with Crippen LogP contribution in [0.3, 0.4) is 0 Å². The molecule has 0 fully saturated rings. The zero-order valence-electron chi connectivity index (χ0n) is 12.8. The van der Waals surface area contributed by atoms with Crippen LogP contribution in [0.4, 0.5) is 11.6 Å². The minimum Gasteiger partial charge on any atom is -0.332 e. The van der Waals surface area contributed by atoms with E-state index < -0.39 is 0 Å². The molecule has 0 bridgehead atoms. The van der Waals surface area contributed by atoms with Gasteiger partial charge in [-0.25, -0.2) is 4.52 Å². The van der Waals surface area contributed by atoms with Gasteiger partial charge < -0.3 is 5.32 Å². The molecular formula is C17H12ClN5S2. The van der Waals surface area contributed by atoms with Crippen molar-refractivity contribution in [2.45, 2.75) is 0 Å². The molecule has 5 nitrogen and oxygen atoms in total. The monoisotopic (exact) mass is 385 g/mol. The number of aromatic nitrogens is 3. The molecule has 0 aliphatic heterocycles. The highest BCUT2D eigenvalue weighted by atomic mass is 35.5. The van der Waals surface area contributed by atoms with Crippen LogP contribution in [0.15, 0.2) is 60.0 Å². The van der Waals surface area contributed by atoms with Crippen molar-refractivity contribution in [1.82, 2.24) is 14.6 Å². The molecule has 4 aromatic rings. The lowest BCUT2D eigenvalue weighted by atomic mass is 10.2. The summed E-state index contributed by atoms with van der Waals surface area (Å²) in [5, 5.41) is 13.8. The Morgan fingerprint density at radius 2 is 1.80 bits per heavy atom. The first-order valence-electron chi connectivity index (χ1n) is 7.42. The van der Waals surface area contributed by atoms with Crippen molar-refractivity contribution in [3.8, 4) is 11.3 Å². The largest absolute Gasteiger partial charge is 0.332 e. The maximum Gasteiger partial charge on any atom is 0.250 e. The third kappa shape index (κ3) is 3.48. The molecule has 124 valence electrons. The van der Waals surface area contributed by atoms with Crippen molar-refractivity contribution < 1.29 is 0 Å². The highest BCUT2D eigenvalue weighted by molar-refractivity contribution is 7.80. The number of rotatable bonds is 3. The Balaban J connectivity index is 1.55. The summed E-state index contributed by atoms with van der Waals surface area (Å²) in [6.07, 6.45) is 0. The van der Waals surface area contributed by atoms with Crippen molar-refractivity contribution in [3.05, 3.63) is 65.0 Å². The standard InChI is InChI=1S/C17H12ClN5S2/c18-12-8-6-11(7-9-12)14-10-25-17-21-15(22-23(14)17)20-16(24)19-13-4-2-1-3-5-13/h1-10H,(H2,19,20,22,24). The molecule has 0 saturated heterocycles. The molecule has 0 amide bonds. The van der Waals surface area contributed by atoms with Crippen LogP contribution in [-0.2, 0) is 0 Å². The second kappa shape index (κ2) is 6.79. The van der Waals surface area contributed by atoms with E-state index in [4.69, 9.17) is 23.8 Å². The normalized spacial score (nSPS) is 10.8. The lowest BCUT2D eigenvalue weighted by Gasteiger charge is -2.07. The maximum atomic E-state index is 5.96. The van der Waals surface area contributed by atoms with Crippen LogP contribution >= 0.6 is 35.2 Å². The van der Waals surface area contributed by atoms with Gasteiger partial charge in [0.1, 0.15) is 0 Å². The molecule has 4 rings (SSSR count). The average molecular weight is 386 g/mol. The van der Waals surface area contributed by atoms with Gasteiger partial charge in [0, 0.05) is 21.7 Å². The van der Waals surface area contributed by atoms with Crippen LogP contribution in [0.5, 0.6) is 0 Å². The van der Waals surface area contributed by atoms with Gasteiger partial charge in [0.05, 0.1) is 5.69 Å². The smallest absolute Gasteiger partial charge is 0.250 e. The molecule has 0 atom stereocenters. The fraction of sp³-hybridized carbons (Fsp3) is 0. The Hall–Kier alpha value is -2.48. The maximum absolute atomic E-state index is 5.96. The van der Waals surface area contributed by atoms with Crippen molar-refractivity contribution >= 4 is 56.9 Å². The van der Waals surface area contributed by atoms with Gasteiger partial charge in [-0.05, 0) is 36.5 Å². The molecule has 0 aliphatic carbocycles. The Morgan fingerprint density at radius 1 is 1.04 bits per heavy atom. The molecular weight excluding hydrogens is 374 g/mol. The number of para-hydroxylation sites is 1. The number of thiazole rings is 1. The molecule has 8 heteroatoms. The SMILES string of the molecule is S=C(Nc1ccccc1)Nc1nc2scc(-c3ccc(Cl)cc3)n2n1. The molecule has 0 spiro atoms. The minimum absolute atomic E-state index is 0.442. The predicted molar refractivity (Wildman–Crippen MR) is 108 cm³/mol. The van der Waals surface area contributed by atoms with E-state index in [0.29, 0.717) is 16.1 Å². The van der Waals surface area contributed by atoms with Crippen LogP contribution < -0.4 is 10.6 Å². The Kier molecular flexibility index (Phi) is 4.35. The van der Waals surface area contributed by atoms with Gasteiger partial charge in [-0.15, -0.1) is 16.4 Å². The van der Waals surface area contributed by atoms with Crippen molar-refractivity contribution in [1.29, 1.82) is 0 Å². The summed E-state index contributed by atoms with van der Waals surface area (Å²) in [6, 6.07) is 17.3. The summed E-state index contributed by atoms with van der Waals surface area (Å²) >= 11 is 12.8. The average Bonchev–Trinajstić information content (AvgIpc) is 3.16. The minimum atomic E-state index is 0.442. The number of thiocarbonyl (C=S) groups is 1. The quantitative estimate of drug-likeness (QED) is 0.490. The van der Waals surface area contributed by atoms with E-state index in [1.165, 1.54) is 11.3 Å². The molecule has 2 heterocycles. The molecule has 2 aromatic carbocycles. The molecule has 0 saturated carbocycles. The summed E-state index contributed by atoms with van der Waals surface area (Å²) in [5.74, 6) is 0.454. The summed E-state index contributed by atoms with van der Waals surface area (Å²) in [6.45, 7) is 0. The number of nitrogens with zero attached hydrogens (tertiary/aromatic N) is 3. The third-order valence-corrected chi connectivity index (χ3v) is 4.75. The Bertz CT molecular complexity index is 1020. The van der Waals surface area contributed by atoms with Gasteiger partial charge >= 0.3 is 0 Å². The van der Waals surface area contributed by atoms with Gasteiger partial charge in [0.15, 0.2) is 5.11 Å². The number of hydrogen-bond donors (Lipinski definition) is 2. The lowest BCUT2D eigenvalue weighted by Crippen LogP contribution is -2.19. The molecule has 2 N–H and O–H groups in total. The summed E-state index contributed by atoms with van der Waals surface area (Å²) in [7, 11) is 0. The highest BCUT2D eigenvalue weighted by Gasteiger charge is 2.12. The van der Waals surface area contributed by atoms with E-state index in [9.17, 15) is 0 Å². The van der Waals surface area contributed by atoms with Gasteiger partial charge in [0.25, 0.3) is 0 Å². The summed E-state index contributed by atoms with van der Waals surface area (Å²) in [4.78, 5) is 5.25. The number of fused-ring (bicyclic) bond motifs is 1. The second-order valence-corrected chi connectivity index (χ2v) is 6.88. The third-order valence-electron chi connectivity index (χ3n) is 3.48. The number of anilines is 2. The van der Waals surface area contributed by atoms with Gasteiger partial charge in [-0.2, -0.15) is 4.98 Å². The fourth-order valence-corrected chi connectivity index (χ4v) is 3.51. The summed E-state index contributed by atoms with van der Waals surface area (Å²) < 4.78 is 1.79. The zero-order valence-corrected chi connectivity index (χ0v) is 15.2. The lowest BCUT2D eigenvalue weighted by molar-refractivity contribution is 0.991. The van der Waals surface area contributed by atoms with E-state index in [1.807, 2.05) is 60.0 Å². The molecule has 0 radical (unpaired) electrons. The van der Waals surface area contributed by atoms with Gasteiger partial charge in [0.2, 0.25) is 10.9 Å². The van der Waals surface area contributed by atoms with E-state index >= 15 is 0 Å². The van der Waals surface area contributed by atoms with Crippen molar-refractivity contribution in [2.75, 3.05) is 10.6 Å². The summed E-state index contributed by atoms with van der Waals surface area (Å²) in [5.41, 5.74) is 2.89. The van der Waals surface area contributed by atoms with Crippen LogP contribution in [-0.4, -0.2) is 19.7 Å². The first-order valence-corrected chi connectivity index (χ1v) is 9.09. The Morgan fingerprint density at radius 3 is 2.56 bits per heavy atom. The van der Waals surface area contributed by atoms with Crippen LogP contribution in [0, 0.1) is 0 Å². The molecule has 2 aromatic heterocycles. The number of hydrogen-bond acceptors (Lipinski definition) is 4. The van der Waals surface area contributed by atoms with E-state index in [0.717, 1.165) is 21.9 Å². The molecule has 0 aliphatic rings. The number of nitrogens with one attached hydrogen (secondary N) is 2. The zero-order chi connectivity index (χ0) is 17.2. The van der Waals surface area contributed by atoms with Crippen LogP contribution in [0.25, 0.3) is 16.2 Å². The number of benzene rings is 2. The first kappa shape index (κ1) is 16.0. The second-order valence-electron chi connectivity index (χ2n) is 5.20.